The lowest BCUT2D eigenvalue weighted by atomic mass is 10.2. The molecular formula is C22H20FNO2S. The monoisotopic (exact) mass is 381 g/mol. The number of ether oxygens (including phenoxy) is 1. The molecule has 0 aliphatic rings. The summed E-state index contributed by atoms with van der Waals surface area (Å²) in [6.45, 7) is 0.213. The summed E-state index contributed by atoms with van der Waals surface area (Å²) in [4.78, 5) is 13.1. The standard InChI is InChI=1S/C22H20FNO2S/c23-19-8-6-17(7-9-19)14-26-15-22(25)24-20-10-12-21(13-11-20)27-16-18-4-2-1-3-5-18/h1-13H,14-16H2,(H,24,25). The first kappa shape index (κ1) is 19.1. The number of hydrogen-bond acceptors (Lipinski definition) is 3. The zero-order chi connectivity index (χ0) is 18.9. The highest BCUT2D eigenvalue weighted by atomic mass is 32.2. The van der Waals surface area contributed by atoms with E-state index in [0.29, 0.717) is 0 Å². The van der Waals surface area contributed by atoms with Crippen LogP contribution in [-0.2, 0) is 21.9 Å². The Morgan fingerprint density at radius 1 is 0.889 bits per heavy atom. The fourth-order valence-corrected chi connectivity index (χ4v) is 3.27. The van der Waals surface area contributed by atoms with E-state index < -0.39 is 0 Å². The van der Waals surface area contributed by atoms with Gasteiger partial charge in [0.15, 0.2) is 0 Å². The third kappa shape index (κ3) is 6.55. The molecule has 0 spiro atoms. The fourth-order valence-electron chi connectivity index (χ4n) is 2.41. The summed E-state index contributed by atoms with van der Waals surface area (Å²) in [6, 6.07) is 24.0. The summed E-state index contributed by atoms with van der Waals surface area (Å²) < 4.78 is 18.2. The lowest BCUT2D eigenvalue weighted by molar-refractivity contribution is -0.121. The van der Waals surface area contributed by atoms with Gasteiger partial charge >= 0.3 is 0 Å². The van der Waals surface area contributed by atoms with Crippen LogP contribution in [0.2, 0.25) is 0 Å². The van der Waals surface area contributed by atoms with Gasteiger partial charge in [0.2, 0.25) is 5.91 Å². The topological polar surface area (TPSA) is 38.3 Å². The number of rotatable bonds is 8. The van der Waals surface area contributed by atoms with Crippen LogP contribution in [0.3, 0.4) is 0 Å². The van der Waals surface area contributed by atoms with Gasteiger partial charge in [-0.3, -0.25) is 4.79 Å². The maximum Gasteiger partial charge on any atom is 0.250 e. The molecule has 0 saturated heterocycles. The van der Waals surface area contributed by atoms with Crippen LogP contribution in [0.5, 0.6) is 0 Å². The smallest absolute Gasteiger partial charge is 0.250 e. The molecule has 0 unspecified atom stereocenters. The first-order chi connectivity index (χ1) is 13.2. The van der Waals surface area contributed by atoms with E-state index in [1.165, 1.54) is 17.7 Å². The van der Waals surface area contributed by atoms with Crippen LogP contribution in [0.1, 0.15) is 11.1 Å². The van der Waals surface area contributed by atoms with Gasteiger partial charge in [-0.25, -0.2) is 4.39 Å². The van der Waals surface area contributed by atoms with E-state index in [1.807, 2.05) is 42.5 Å². The zero-order valence-electron chi connectivity index (χ0n) is 14.7. The van der Waals surface area contributed by atoms with Crippen molar-refractivity contribution in [1.82, 2.24) is 0 Å². The van der Waals surface area contributed by atoms with Crippen LogP contribution in [-0.4, -0.2) is 12.5 Å². The van der Waals surface area contributed by atoms with Crippen LogP contribution < -0.4 is 5.32 Å². The Bertz CT molecular complexity index is 852. The molecule has 0 aliphatic carbocycles. The van der Waals surface area contributed by atoms with Crippen LogP contribution >= 0.6 is 11.8 Å². The third-order valence-electron chi connectivity index (χ3n) is 3.80. The first-order valence-corrected chi connectivity index (χ1v) is 9.56. The molecule has 0 aliphatic heterocycles. The Hall–Kier alpha value is -2.63. The van der Waals surface area contributed by atoms with Gasteiger partial charge in [-0.05, 0) is 47.5 Å². The number of amides is 1. The number of benzene rings is 3. The molecule has 1 N–H and O–H groups in total. The summed E-state index contributed by atoms with van der Waals surface area (Å²) in [5, 5.41) is 2.81. The van der Waals surface area contributed by atoms with Crippen molar-refractivity contribution >= 4 is 23.4 Å². The Labute approximate surface area is 162 Å². The summed E-state index contributed by atoms with van der Waals surface area (Å²) in [5.74, 6) is 0.396. The van der Waals surface area contributed by atoms with Crippen molar-refractivity contribution in [3.05, 3.63) is 95.8 Å². The summed E-state index contributed by atoms with van der Waals surface area (Å²) in [6.07, 6.45) is 0. The Kier molecular flexibility index (Phi) is 7.02. The molecule has 5 heteroatoms. The minimum atomic E-state index is -0.290. The van der Waals surface area contributed by atoms with Crippen LogP contribution in [0, 0.1) is 5.82 Å². The molecular weight excluding hydrogens is 361 g/mol. The van der Waals surface area contributed by atoms with Crippen molar-refractivity contribution in [1.29, 1.82) is 0 Å². The normalized spacial score (nSPS) is 10.6. The molecule has 0 saturated carbocycles. The number of halogens is 1. The molecule has 0 heterocycles. The van der Waals surface area contributed by atoms with Gasteiger partial charge in [0.1, 0.15) is 12.4 Å². The highest BCUT2D eigenvalue weighted by molar-refractivity contribution is 7.98. The van der Waals surface area contributed by atoms with E-state index in [-0.39, 0.29) is 24.9 Å². The quantitative estimate of drug-likeness (QED) is 0.540. The summed E-state index contributed by atoms with van der Waals surface area (Å²) >= 11 is 1.75. The Morgan fingerprint density at radius 2 is 1.59 bits per heavy atom. The minimum absolute atomic E-state index is 0.0537. The van der Waals surface area contributed by atoms with Gasteiger partial charge in [0.25, 0.3) is 0 Å². The number of nitrogens with one attached hydrogen (secondary N) is 1. The van der Waals surface area contributed by atoms with E-state index in [9.17, 15) is 9.18 Å². The van der Waals surface area contributed by atoms with E-state index in [2.05, 4.69) is 17.4 Å². The van der Waals surface area contributed by atoms with Crippen molar-refractivity contribution < 1.29 is 13.9 Å². The highest BCUT2D eigenvalue weighted by Gasteiger charge is 2.04. The van der Waals surface area contributed by atoms with Crippen molar-refractivity contribution in [2.24, 2.45) is 0 Å². The van der Waals surface area contributed by atoms with Gasteiger partial charge in [-0.2, -0.15) is 0 Å². The van der Waals surface area contributed by atoms with Crippen molar-refractivity contribution in [2.75, 3.05) is 11.9 Å². The summed E-state index contributed by atoms with van der Waals surface area (Å²) in [7, 11) is 0. The maximum atomic E-state index is 12.8. The molecule has 0 atom stereocenters. The van der Waals surface area contributed by atoms with Crippen LogP contribution in [0.15, 0.2) is 83.8 Å². The number of anilines is 1. The fraction of sp³-hybridized carbons (Fsp3) is 0.136. The molecule has 3 nitrogen and oxygen atoms in total. The largest absolute Gasteiger partial charge is 0.367 e. The average Bonchev–Trinajstić information content (AvgIpc) is 2.70. The van der Waals surface area contributed by atoms with Gasteiger partial charge in [0, 0.05) is 16.3 Å². The number of thioether (sulfide) groups is 1. The number of carbonyl (C=O) groups excluding carboxylic acids is 1. The second-order valence-corrected chi connectivity index (χ2v) is 7.01. The SMILES string of the molecule is O=C(COCc1ccc(F)cc1)Nc1ccc(SCc2ccccc2)cc1. The molecule has 3 aromatic carbocycles. The lowest BCUT2D eigenvalue weighted by Crippen LogP contribution is -2.18. The molecule has 0 fully saturated rings. The predicted octanol–water partition coefficient (Wildman–Crippen LogP) is 5.27. The second-order valence-electron chi connectivity index (χ2n) is 5.97. The van der Waals surface area contributed by atoms with E-state index in [1.54, 1.807) is 23.9 Å². The minimum Gasteiger partial charge on any atom is -0.367 e. The number of hydrogen-bond donors (Lipinski definition) is 1. The van der Waals surface area contributed by atoms with E-state index in [0.717, 1.165) is 21.9 Å². The molecule has 1 amide bonds. The molecule has 0 bridgehead atoms. The van der Waals surface area contributed by atoms with Crippen LogP contribution in [0.25, 0.3) is 0 Å². The van der Waals surface area contributed by atoms with Gasteiger partial charge < -0.3 is 10.1 Å². The molecule has 138 valence electrons. The Balaban J connectivity index is 1.40. The average molecular weight is 381 g/mol. The molecule has 0 radical (unpaired) electrons. The highest BCUT2D eigenvalue weighted by Crippen LogP contribution is 2.24. The summed E-state index contributed by atoms with van der Waals surface area (Å²) in [5.41, 5.74) is 2.83. The number of carbonyl (C=O) groups is 1. The Morgan fingerprint density at radius 3 is 2.30 bits per heavy atom. The van der Waals surface area contributed by atoms with Crippen LogP contribution in [0.4, 0.5) is 10.1 Å². The lowest BCUT2D eigenvalue weighted by Gasteiger charge is -2.08. The predicted molar refractivity (Wildman–Crippen MR) is 107 cm³/mol. The molecule has 0 aromatic heterocycles. The van der Waals surface area contributed by atoms with Crippen molar-refractivity contribution in [3.8, 4) is 0 Å². The maximum absolute atomic E-state index is 12.8. The van der Waals surface area contributed by atoms with E-state index >= 15 is 0 Å². The third-order valence-corrected chi connectivity index (χ3v) is 4.88. The van der Waals surface area contributed by atoms with Gasteiger partial charge in [-0.1, -0.05) is 42.5 Å². The molecule has 3 aromatic rings. The second kappa shape index (κ2) is 9.90. The van der Waals surface area contributed by atoms with E-state index in [4.69, 9.17) is 4.74 Å². The van der Waals surface area contributed by atoms with Crippen molar-refractivity contribution in [2.45, 2.75) is 17.3 Å². The molecule has 27 heavy (non-hydrogen) atoms. The first-order valence-electron chi connectivity index (χ1n) is 8.58. The zero-order valence-corrected chi connectivity index (χ0v) is 15.5. The molecule has 3 rings (SSSR count). The van der Waals surface area contributed by atoms with Gasteiger partial charge in [-0.15, -0.1) is 11.8 Å². The van der Waals surface area contributed by atoms with Crippen molar-refractivity contribution in [3.63, 3.8) is 0 Å². The van der Waals surface area contributed by atoms with Gasteiger partial charge in [0.05, 0.1) is 6.61 Å².